The highest BCUT2D eigenvalue weighted by atomic mass is 35.5. The van der Waals surface area contributed by atoms with E-state index in [9.17, 15) is 4.79 Å². The SMILES string of the molecule is CCCCOCCCNC(=O)Nc1ccc(Cl)cc1. The van der Waals surface area contributed by atoms with Crippen LogP contribution in [0.1, 0.15) is 26.2 Å². The van der Waals surface area contributed by atoms with Crippen LogP contribution in [0.25, 0.3) is 0 Å². The van der Waals surface area contributed by atoms with Crippen molar-refractivity contribution >= 4 is 23.3 Å². The van der Waals surface area contributed by atoms with Crippen molar-refractivity contribution in [1.29, 1.82) is 0 Å². The third kappa shape index (κ3) is 7.70. The summed E-state index contributed by atoms with van der Waals surface area (Å²) in [6, 6.07) is 6.78. The Bertz CT molecular complexity index is 368. The highest BCUT2D eigenvalue weighted by Crippen LogP contribution is 2.12. The lowest BCUT2D eigenvalue weighted by Gasteiger charge is -2.08. The molecule has 0 atom stereocenters. The molecule has 1 aromatic rings. The van der Waals surface area contributed by atoms with Crippen molar-refractivity contribution in [3.63, 3.8) is 0 Å². The highest BCUT2D eigenvalue weighted by Gasteiger charge is 2.00. The number of ether oxygens (including phenoxy) is 1. The molecule has 5 heteroatoms. The number of amides is 2. The van der Waals surface area contributed by atoms with Gasteiger partial charge in [-0.25, -0.2) is 4.79 Å². The molecular formula is C14H21ClN2O2. The highest BCUT2D eigenvalue weighted by molar-refractivity contribution is 6.30. The average Bonchev–Trinajstić information content (AvgIpc) is 2.40. The first-order valence-corrected chi connectivity index (χ1v) is 6.98. The van der Waals surface area contributed by atoms with Crippen LogP contribution < -0.4 is 10.6 Å². The number of carbonyl (C=O) groups is 1. The smallest absolute Gasteiger partial charge is 0.319 e. The molecule has 0 aromatic heterocycles. The summed E-state index contributed by atoms with van der Waals surface area (Å²) >= 11 is 5.76. The molecule has 1 aromatic carbocycles. The van der Waals surface area contributed by atoms with Crippen molar-refractivity contribution in [2.24, 2.45) is 0 Å². The second kappa shape index (κ2) is 9.64. The number of rotatable bonds is 8. The van der Waals surface area contributed by atoms with Gasteiger partial charge in [0.15, 0.2) is 0 Å². The van der Waals surface area contributed by atoms with Crippen LogP contribution in [0.15, 0.2) is 24.3 Å². The van der Waals surface area contributed by atoms with Crippen LogP contribution in [0.5, 0.6) is 0 Å². The van der Waals surface area contributed by atoms with E-state index in [1.165, 1.54) is 0 Å². The minimum atomic E-state index is -0.212. The van der Waals surface area contributed by atoms with Gasteiger partial charge in [0.2, 0.25) is 0 Å². The number of unbranched alkanes of at least 4 members (excludes halogenated alkanes) is 1. The van der Waals surface area contributed by atoms with Crippen molar-refractivity contribution in [3.8, 4) is 0 Å². The third-order valence-electron chi connectivity index (χ3n) is 2.50. The Labute approximate surface area is 119 Å². The minimum absolute atomic E-state index is 0.212. The molecule has 0 aliphatic heterocycles. The molecule has 2 amide bonds. The van der Waals surface area contributed by atoms with Crippen LogP contribution in [0, 0.1) is 0 Å². The summed E-state index contributed by atoms with van der Waals surface area (Å²) in [6.45, 7) is 4.21. The van der Waals surface area contributed by atoms with Gasteiger partial charge in [0.1, 0.15) is 0 Å². The largest absolute Gasteiger partial charge is 0.381 e. The summed E-state index contributed by atoms with van der Waals surface area (Å²) in [4.78, 5) is 11.5. The maximum Gasteiger partial charge on any atom is 0.319 e. The van der Waals surface area contributed by atoms with Crippen LogP contribution >= 0.6 is 11.6 Å². The maximum atomic E-state index is 11.5. The van der Waals surface area contributed by atoms with E-state index >= 15 is 0 Å². The molecule has 0 fully saturated rings. The third-order valence-corrected chi connectivity index (χ3v) is 2.75. The number of hydrogen-bond acceptors (Lipinski definition) is 2. The zero-order valence-corrected chi connectivity index (χ0v) is 12.0. The number of halogens is 1. The second-order valence-electron chi connectivity index (χ2n) is 4.21. The van der Waals surface area contributed by atoms with E-state index in [1.54, 1.807) is 24.3 Å². The number of urea groups is 1. The van der Waals surface area contributed by atoms with E-state index in [0.717, 1.165) is 31.6 Å². The van der Waals surface area contributed by atoms with Gasteiger partial charge in [0.05, 0.1) is 0 Å². The molecule has 19 heavy (non-hydrogen) atoms. The molecule has 0 heterocycles. The Morgan fingerprint density at radius 2 is 1.89 bits per heavy atom. The molecule has 0 bridgehead atoms. The predicted octanol–water partition coefficient (Wildman–Crippen LogP) is 3.67. The minimum Gasteiger partial charge on any atom is -0.381 e. The molecule has 0 radical (unpaired) electrons. The second-order valence-corrected chi connectivity index (χ2v) is 4.64. The summed E-state index contributed by atoms with van der Waals surface area (Å²) < 4.78 is 5.40. The Hall–Kier alpha value is -1.26. The molecule has 4 nitrogen and oxygen atoms in total. The van der Waals surface area contributed by atoms with Gasteiger partial charge in [0.25, 0.3) is 0 Å². The lowest BCUT2D eigenvalue weighted by molar-refractivity contribution is 0.129. The zero-order valence-electron chi connectivity index (χ0n) is 11.2. The standard InChI is InChI=1S/C14H21ClN2O2/c1-2-3-10-19-11-4-9-16-14(18)17-13-7-5-12(15)6-8-13/h5-8H,2-4,9-11H2,1H3,(H2,16,17,18). The monoisotopic (exact) mass is 284 g/mol. The van der Waals surface area contributed by atoms with Crippen LogP contribution in [0.3, 0.4) is 0 Å². The van der Waals surface area contributed by atoms with E-state index in [4.69, 9.17) is 16.3 Å². The van der Waals surface area contributed by atoms with Gasteiger partial charge in [-0.15, -0.1) is 0 Å². The van der Waals surface area contributed by atoms with E-state index in [1.807, 2.05) is 0 Å². The van der Waals surface area contributed by atoms with E-state index in [2.05, 4.69) is 17.6 Å². The lowest BCUT2D eigenvalue weighted by Crippen LogP contribution is -2.30. The summed E-state index contributed by atoms with van der Waals surface area (Å²) in [5.74, 6) is 0. The number of anilines is 1. The molecule has 0 spiro atoms. The van der Waals surface area contributed by atoms with Gasteiger partial charge >= 0.3 is 6.03 Å². The maximum absolute atomic E-state index is 11.5. The van der Waals surface area contributed by atoms with Crippen LogP contribution in [-0.2, 0) is 4.74 Å². The van der Waals surface area contributed by atoms with Gasteiger partial charge < -0.3 is 15.4 Å². The van der Waals surface area contributed by atoms with Crippen molar-refractivity contribution in [3.05, 3.63) is 29.3 Å². The first-order valence-electron chi connectivity index (χ1n) is 6.60. The molecule has 106 valence electrons. The molecule has 0 saturated heterocycles. The molecule has 2 N–H and O–H groups in total. The van der Waals surface area contributed by atoms with E-state index in [-0.39, 0.29) is 6.03 Å². The number of hydrogen-bond donors (Lipinski definition) is 2. The normalized spacial score (nSPS) is 10.2. The van der Waals surface area contributed by atoms with E-state index < -0.39 is 0 Å². The summed E-state index contributed by atoms with van der Waals surface area (Å²) in [5.41, 5.74) is 0.723. The fourth-order valence-electron chi connectivity index (χ4n) is 1.43. The van der Waals surface area contributed by atoms with Crippen molar-refractivity contribution in [1.82, 2.24) is 5.32 Å². The van der Waals surface area contributed by atoms with Gasteiger partial charge in [-0.05, 0) is 37.1 Å². The Kier molecular flexibility index (Phi) is 8.02. The molecular weight excluding hydrogens is 264 g/mol. The molecule has 0 unspecified atom stereocenters. The van der Waals surface area contributed by atoms with Gasteiger partial charge in [-0.2, -0.15) is 0 Å². The van der Waals surface area contributed by atoms with Crippen LogP contribution in [0.2, 0.25) is 5.02 Å². The fraction of sp³-hybridized carbons (Fsp3) is 0.500. The summed E-state index contributed by atoms with van der Waals surface area (Å²) in [6.07, 6.45) is 3.05. The van der Waals surface area contributed by atoms with Crippen molar-refractivity contribution < 1.29 is 9.53 Å². The Balaban J connectivity index is 2.06. The zero-order chi connectivity index (χ0) is 13.9. The fourth-order valence-corrected chi connectivity index (χ4v) is 1.56. The van der Waals surface area contributed by atoms with Gasteiger partial charge in [-0.1, -0.05) is 24.9 Å². The topological polar surface area (TPSA) is 50.4 Å². The van der Waals surface area contributed by atoms with Gasteiger partial charge in [0, 0.05) is 30.5 Å². The first-order chi connectivity index (χ1) is 9.22. The van der Waals surface area contributed by atoms with E-state index in [0.29, 0.717) is 18.2 Å². The Morgan fingerprint density at radius 1 is 1.21 bits per heavy atom. The van der Waals surface area contributed by atoms with Crippen molar-refractivity contribution in [2.75, 3.05) is 25.1 Å². The lowest BCUT2D eigenvalue weighted by atomic mass is 10.3. The molecule has 0 aliphatic carbocycles. The predicted molar refractivity (Wildman–Crippen MR) is 78.8 cm³/mol. The summed E-state index contributed by atoms with van der Waals surface area (Å²) in [7, 11) is 0. The number of carbonyl (C=O) groups excluding carboxylic acids is 1. The molecule has 0 saturated carbocycles. The average molecular weight is 285 g/mol. The van der Waals surface area contributed by atoms with Crippen molar-refractivity contribution in [2.45, 2.75) is 26.2 Å². The quantitative estimate of drug-likeness (QED) is 0.716. The van der Waals surface area contributed by atoms with Gasteiger partial charge in [-0.3, -0.25) is 0 Å². The van der Waals surface area contributed by atoms with Crippen LogP contribution in [-0.4, -0.2) is 25.8 Å². The summed E-state index contributed by atoms with van der Waals surface area (Å²) in [5, 5.41) is 6.15. The first kappa shape index (κ1) is 15.8. The number of nitrogens with one attached hydrogen (secondary N) is 2. The molecule has 1 rings (SSSR count). The number of benzene rings is 1. The van der Waals surface area contributed by atoms with Crippen LogP contribution in [0.4, 0.5) is 10.5 Å². The molecule has 0 aliphatic rings. The Morgan fingerprint density at radius 3 is 2.58 bits per heavy atom.